The topological polar surface area (TPSA) is 113 Å². The molecule has 2 unspecified atom stereocenters. The average Bonchev–Trinajstić information content (AvgIpc) is 3.48. The van der Waals surface area contributed by atoms with Crippen LogP contribution >= 0.6 is 11.8 Å². The lowest BCUT2D eigenvalue weighted by Gasteiger charge is -2.42. The summed E-state index contributed by atoms with van der Waals surface area (Å²) in [6.07, 6.45) is 2.09. The zero-order valence-corrected chi connectivity index (χ0v) is 17.9. The van der Waals surface area contributed by atoms with Gasteiger partial charge in [-0.25, -0.2) is 4.98 Å². The molecule has 2 atom stereocenters. The van der Waals surface area contributed by atoms with Crippen LogP contribution in [0.3, 0.4) is 0 Å². The molecular weight excluding hydrogens is 422 g/mol. The standard InChI is InChI=1S/C20H23N5O5S/c1-2-15-21-19-24(22-15)18(26)17(31-19)16(13-3-5-14(6-4-13)25(27)28)23-9-7-20(8-10-23)29-11-12-30-20/h3-6,16-17H,2,7-12H2,1H3. The van der Waals surface area contributed by atoms with Gasteiger partial charge in [0.2, 0.25) is 0 Å². The number of aryl methyl sites for hydroxylation is 1. The quantitative estimate of drug-likeness (QED) is 0.506. The number of thioether (sulfide) groups is 1. The van der Waals surface area contributed by atoms with Crippen molar-refractivity contribution < 1.29 is 19.2 Å². The molecule has 2 fully saturated rings. The first-order chi connectivity index (χ1) is 15.0. The van der Waals surface area contributed by atoms with Gasteiger partial charge in [0.25, 0.3) is 11.6 Å². The van der Waals surface area contributed by atoms with Gasteiger partial charge in [-0.05, 0) is 5.56 Å². The lowest BCUT2D eigenvalue weighted by atomic mass is 9.95. The molecule has 164 valence electrons. The van der Waals surface area contributed by atoms with Crippen LogP contribution in [0.2, 0.25) is 0 Å². The number of nitrogens with zero attached hydrogens (tertiary/aromatic N) is 5. The third kappa shape index (κ3) is 3.65. The number of nitro groups is 1. The molecule has 10 nitrogen and oxygen atoms in total. The molecule has 31 heavy (non-hydrogen) atoms. The monoisotopic (exact) mass is 445 g/mol. The van der Waals surface area contributed by atoms with Gasteiger partial charge in [-0.15, -0.1) is 5.10 Å². The molecular formula is C20H23N5O5S. The molecule has 0 saturated carbocycles. The van der Waals surface area contributed by atoms with E-state index in [0.29, 0.717) is 56.5 Å². The Morgan fingerprint density at radius 3 is 2.52 bits per heavy atom. The molecule has 1 aromatic carbocycles. The number of nitro benzene ring substituents is 1. The summed E-state index contributed by atoms with van der Waals surface area (Å²) in [5.74, 6) is 0.0224. The molecule has 5 rings (SSSR count). The summed E-state index contributed by atoms with van der Waals surface area (Å²) in [4.78, 5) is 30.7. The summed E-state index contributed by atoms with van der Waals surface area (Å²) in [5.41, 5.74) is 0.891. The smallest absolute Gasteiger partial charge is 0.269 e. The number of rotatable bonds is 5. The van der Waals surface area contributed by atoms with Crippen molar-refractivity contribution in [2.75, 3.05) is 26.3 Å². The van der Waals surface area contributed by atoms with Gasteiger partial charge in [-0.2, -0.15) is 4.68 Å². The first kappa shape index (κ1) is 20.6. The van der Waals surface area contributed by atoms with Crippen molar-refractivity contribution in [3.05, 3.63) is 45.8 Å². The van der Waals surface area contributed by atoms with Crippen molar-refractivity contribution in [3.8, 4) is 0 Å². The normalized spacial score (nSPS) is 23.9. The number of carbonyl (C=O) groups excluding carboxylic acids is 1. The van der Waals surface area contributed by atoms with E-state index in [1.807, 2.05) is 6.92 Å². The van der Waals surface area contributed by atoms with Crippen molar-refractivity contribution >= 4 is 23.4 Å². The number of fused-ring (bicyclic) bond motifs is 1. The van der Waals surface area contributed by atoms with Gasteiger partial charge in [0.1, 0.15) is 5.25 Å². The van der Waals surface area contributed by atoms with E-state index in [1.165, 1.54) is 28.6 Å². The van der Waals surface area contributed by atoms with Gasteiger partial charge >= 0.3 is 0 Å². The Balaban J connectivity index is 1.44. The van der Waals surface area contributed by atoms with Crippen LogP contribution in [-0.4, -0.2) is 67.8 Å². The fourth-order valence-electron chi connectivity index (χ4n) is 4.49. The van der Waals surface area contributed by atoms with Gasteiger partial charge in [0.05, 0.1) is 24.2 Å². The molecule has 3 aliphatic rings. The summed E-state index contributed by atoms with van der Waals surface area (Å²) in [6, 6.07) is 6.22. The molecule has 4 heterocycles. The summed E-state index contributed by atoms with van der Waals surface area (Å²) >= 11 is 1.41. The number of hydrogen-bond acceptors (Lipinski definition) is 9. The van der Waals surface area contributed by atoms with E-state index >= 15 is 0 Å². The van der Waals surface area contributed by atoms with Crippen LogP contribution in [0.15, 0.2) is 29.4 Å². The lowest BCUT2D eigenvalue weighted by Crippen LogP contribution is -2.49. The van der Waals surface area contributed by atoms with Gasteiger partial charge in [-0.3, -0.25) is 19.8 Å². The number of ether oxygens (including phenoxy) is 2. The predicted molar refractivity (Wildman–Crippen MR) is 111 cm³/mol. The lowest BCUT2D eigenvalue weighted by molar-refractivity contribution is -0.384. The third-order valence-electron chi connectivity index (χ3n) is 6.12. The van der Waals surface area contributed by atoms with Crippen LogP contribution in [0.25, 0.3) is 0 Å². The van der Waals surface area contributed by atoms with Crippen LogP contribution < -0.4 is 0 Å². The second-order valence-corrected chi connectivity index (χ2v) is 9.00. The minimum atomic E-state index is -0.520. The largest absolute Gasteiger partial charge is 0.347 e. The Morgan fingerprint density at radius 2 is 1.94 bits per heavy atom. The SMILES string of the molecule is CCc1nc2n(n1)C(=O)C(C(c1ccc([N+](=O)[O-])cc1)N1CCC3(CC1)OCCO3)S2. The van der Waals surface area contributed by atoms with Crippen molar-refractivity contribution in [3.63, 3.8) is 0 Å². The Hall–Kier alpha value is -2.34. The first-order valence-electron chi connectivity index (χ1n) is 10.4. The number of benzene rings is 1. The average molecular weight is 446 g/mol. The van der Waals surface area contributed by atoms with Crippen molar-refractivity contribution in [2.24, 2.45) is 0 Å². The highest BCUT2D eigenvalue weighted by Crippen LogP contribution is 2.43. The number of non-ortho nitro benzene ring substituents is 1. The number of aromatic nitrogens is 3. The maximum atomic E-state index is 13.3. The van der Waals surface area contributed by atoms with E-state index in [2.05, 4.69) is 15.0 Å². The van der Waals surface area contributed by atoms with Crippen molar-refractivity contribution in [1.29, 1.82) is 0 Å². The third-order valence-corrected chi connectivity index (χ3v) is 7.31. The summed E-state index contributed by atoms with van der Waals surface area (Å²) in [7, 11) is 0. The van der Waals surface area contributed by atoms with E-state index in [4.69, 9.17) is 9.47 Å². The molecule has 0 radical (unpaired) electrons. The maximum Gasteiger partial charge on any atom is 0.269 e. The number of hydrogen-bond donors (Lipinski definition) is 0. The fraction of sp³-hybridized carbons (Fsp3) is 0.550. The van der Waals surface area contributed by atoms with Crippen LogP contribution in [0.5, 0.6) is 0 Å². The van der Waals surface area contributed by atoms with E-state index in [1.54, 1.807) is 12.1 Å². The molecule has 0 N–H and O–H groups in total. The van der Waals surface area contributed by atoms with Crippen LogP contribution in [0.4, 0.5) is 5.69 Å². The second-order valence-electron chi connectivity index (χ2n) is 7.89. The molecule has 11 heteroatoms. The van der Waals surface area contributed by atoms with Gasteiger partial charge in [-0.1, -0.05) is 30.8 Å². The number of carbonyl (C=O) groups is 1. The summed E-state index contributed by atoms with van der Waals surface area (Å²) < 4.78 is 13.1. The van der Waals surface area contributed by atoms with E-state index in [0.717, 1.165) is 5.56 Å². The Kier molecular flexibility index (Phi) is 5.29. The Bertz CT molecular complexity index is 994. The van der Waals surface area contributed by atoms with Crippen molar-refractivity contribution in [2.45, 2.75) is 48.4 Å². The fourth-order valence-corrected chi connectivity index (χ4v) is 5.77. The van der Waals surface area contributed by atoms with E-state index in [-0.39, 0.29) is 17.6 Å². The highest BCUT2D eigenvalue weighted by atomic mass is 32.2. The molecule has 0 aliphatic carbocycles. The van der Waals surface area contributed by atoms with E-state index < -0.39 is 16.0 Å². The highest BCUT2D eigenvalue weighted by molar-refractivity contribution is 8.00. The Morgan fingerprint density at radius 1 is 1.26 bits per heavy atom. The van der Waals surface area contributed by atoms with Gasteiger partial charge in [0, 0.05) is 44.5 Å². The van der Waals surface area contributed by atoms with Crippen LogP contribution in [0.1, 0.15) is 42.0 Å². The minimum Gasteiger partial charge on any atom is -0.347 e. The van der Waals surface area contributed by atoms with Crippen LogP contribution in [-0.2, 0) is 15.9 Å². The summed E-state index contributed by atoms with van der Waals surface area (Å²) in [6.45, 7) is 4.56. The molecule has 3 aliphatic heterocycles. The molecule has 0 bridgehead atoms. The van der Waals surface area contributed by atoms with Crippen molar-refractivity contribution in [1.82, 2.24) is 19.7 Å². The first-order valence-corrected chi connectivity index (χ1v) is 11.3. The minimum absolute atomic E-state index is 0.0282. The predicted octanol–water partition coefficient (Wildman–Crippen LogP) is 2.44. The number of likely N-dealkylation sites (tertiary alicyclic amines) is 1. The second kappa shape index (κ2) is 7.97. The molecule has 2 aromatic rings. The molecule has 0 amide bonds. The van der Waals surface area contributed by atoms with Crippen LogP contribution in [0, 0.1) is 10.1 Å². The Labute approximate surface area is 183 Å². The highest BCUT2D eigenvalue weighted by Gasteiger charge is 2.47. The number of piperidine rings is 1. The van der Waals surface area contributed by atoms with Gasteiger partial charge < -0.3 is 9.47 Å². The molecule has 1 spiro atoms. The van der Waals surface area contributed by atoms with Gasteiger partial charge in [0.15, 0.2) is 16.8 Å². The zero-order valence-electron chi connectivity index (χ0n) is 17.1. The molecule has 1 aromatic heterocycles. The zero-order chi connectivity index (χ0) is 21.6. The van der Waals surface area contributed by atoms with E-state index in [9.17, 15) is 14.9 Å². The maximum absolute atomic E-state index is 13.3. The molecule has 2 saturated heterocycles. The summed E-state index contributed by atoms with van der Waals surface area (Å²) in [5, 5.41) is 15.6.